The number of rotatable bonds is 3. The first-order valence-corrected chi connectivity index (χ1v) is 6.33. The van der Waals surface area contributed by atoms with E-state index < -0.39 is 4.92 Å². The molecule has 0 spiro atoms. The summed E-state index contributed by atoms with van der Waals surface area (Å²) in [6, 6.07) is 12.1. The van der Waals surface area contributed by atoms with Crippen molar-refractivity contribution in [2.24, 2.45) is 12.0 Å². The lowest BCUT2D eigenvalue weighted by atomic mass is 10.2. The average Bonchev–Trinajstić information content (AvgIpc) is 2.86. The molecule has 0 amide bonds. The highest BCUT2D eigenvalue weighted by Gasteiger charge is 2.04. The molecule has 0 atom stereocenters. The average molecular weight is 280 g/mol. The molecule has 1 heterocycles. The standard InChI is InChI=1S/C15H12N4O2/c1-18-10-17-14-8-12(5-6-15(14)18)16-9-11-3-2-4-13(7-11)19(20)21/h2-10H,1H3. The Bertz CT molecular complexity index is 852. The van der Waals surface area contributed by atoms with E-state index in [0.29, 0.717) is 5.56 Å². The van der Waals surface area contributed by atoms with Crippen LogP contribution in [0.4, 0.5) is 11.4 Å². The molecule has 0 aliphatic heterocycles. The summed E-state index contributed by atoms with van der Waals surface area (Å²) >= 11 is 0. The van der Waals surface area contributed by atoms with Crippen molar-refractivity contribution in [1.29, 1.82) is 0 Å². The van der Waals surface area contributed by atoms with Gasteiger partial charge < -0.3 is 4.57 Å². The van der Waals surface area contributed by atoms with Crippen molar-refractivity contribution in [1.82, 2.24) is 9.55 Å². The van der Waals surface area contributed by atoms with E-state index in [2.05, 4.69) is 9.98 Å². The second-order valence-corrected chi connectivity index (χ2v) is 4.64. The van der Waals surface area contributed by atoms with Crippen LogP contribution in [0.1, 0.15) is 5.56 Å². The van der Waals surface area contributed by atoms with E-state index in [1.807, 2.05) is 29.8 Å². The maximum atomic E-state index is 10.7. The SMILES string of the molecule is Cn1cnc2cc(N=Cc3cccc([N+](=O)[O-])c3)ccc21. The molecule has 0 radical (unpaired) electrons. The molecule has 6 heteroatoms. The summed E-state index contributed by atoms with van der Waals surface area (Å²) in [5.74, 6) is 0. The molecule has 0 unspecified atom stereocenters. The molecular formula is C15H12N4O2. The van der Waals surface area contributed by atoms with Gasteiger partial charge in [0.15, 0.2) is 0 Å². The molecule has 6 nitrogen and oxygen atoms in total. The molecule has 3 rings (SSSR count). The summed E-state index contributed by atoms with van der Waals surface area (Å²) in [7, 11) is 1.93. The summed E-state index contributed by atoms with van der Waals surface area (Å²) < 4.78 is 1.93. The molecule has 0 bridgehead atoms. The van der Waals surface area contributed by atoms with Gasteiger partial charge in [0.25, 0.3) is 5.69 Å². The number of aliphatic imine (C=N–C) groups is 1. The molecule has 104 valence electrons. The third kappa shape index (κ3) is 2.64. The maximum absolute atomic E-state index is 10.7. The van der Waals surface area contributed by atoms with Gasteiger partial charge in [-0.3, -0.25) is 15.1 Å². The van der Waals surface area contributed by atoms with Gasteiger partial charge >= 0.3 is 0 Å². The van der Waals surface area contributed by atoms with Crippen molar-refractivity contribution < 1.29 is 4.92 Å². The van der Waals surface area contributed by atoms with Crippen LogP contribution in [0.15, 0.2) is 53.8 Å². The third-order valence-corrected chi connectivity index (χ3v) is 3.15. The van der Waals surface area contributed by atoms with E-state index in [9.17, 15) is 10.1 Å². The Morgan fingerprint density at radius 3 is 2.95 bits per heavy atom. The third-order valence-electron chi connectivity index (χ3n) is 3.15. The molecule has 21 heavy (non-hydrogen) atoms. The van der Waals surface area contributed by atoms with Crippen molar-refractivity contribution in [3.05, 3.63) is 64.5 Å². The minimum absolute atomic E-state index is 0.0547. The highest BCUT2D eigenvalue weighted by atomic mass is 16.6. The van der Waals surface area contributed by atoms with Crippen molar-refractivity contribution in [3.8, 4) is 0 Å². The van der Waals surface area contributed by atoms with Crippen LogP contribution in [0.25, 0.3) is 11.0 Å². The lowest BCUT2D eigenvalue weighted by Gasteiger charge is -1.97. The van der Waals surface area contributed by atoms with E-state index in [0.717, 1.165) is 16.7 Å². The first-order chi connectivity index (χ1) is 10.1. The van der Waals surface area contributed by atoms with E-state index in [1.165, 1.54) is 12.1 Å². The molecule has 1 aromatic heterocycles. The van der Waals surface area contributed by atoms with E-state index >= 15 is 0 Å². The minimum Gasteiger partial charge on any atom is -0.334 e. The van der Waals surface area contributed by atoms with Gasteiger partial charge in [-0.2, -0.15) is 0 Å². The lowest BCUT2D eigenvalue weighted by Crippen LogP contribution is -1.89. The van der Waals surface area contributed by atoms with Crippen LogP contribution in [0.5, 0.6) is 0 Å². The smallest absolute Gasteiger partial charge is 0.270 e. The highest BCUT2D eigenvalue weighted by molar-refractivity contribution is 5.85. The number of non-ortho nitro benzene ring substituents is 1. The number of fused-ring (bicyclic) bond motifs is 1. The zero-order valence-electron chi connectivity index (χ0n) is 11.3. The van der Waals surface area contributed by atoms with Gasteiger partial charge in [0, 0.05) is 25.4 Å². The Kier molecular flexibility index (Phi) is 3.19. The van der Waals surface area contributed by atoms with Crippen LogP contribution in [0.3, 0.4) is 0 Å². The van der Waals surface area contributed by atoms with Gasteiger partial charge in [-0.15, -0.1) is 0 Å². The largest absolute Gasteiger partial charge is 0.334 e. The number of benzene rings is 2. The number of nitro groups is 1. The number of imidazole rings is 1. The summed E-state index contributed by atoms with van der Waals surface area (Å²) in [4.78, 5) is 18.9. The molecular weight excluding hydrogens is 268 g/mol. The molecule has 0 fully saturated rings. The quantitative estimate of drug-likeness (QED) is 0.420. The Labute approximate surface area is 120 Å². The zero-order chi connectivity index (χ0) is 14.8. The van der Waals surface area contributed by atoms with Gasteiger partial charge in [0.2, 0.25) is 0 Å². The van der Waals surface area contributed by atoms with Crippen LogP contribution in [-0.2, 0) is 7.05 Å². The topological polar surface area (TPSA) is 73.3 Å². The Hall–Kier alpha value is -3.02. The monoisotopic (exact) mass is 280 g/mol. The Morgan fingerprint density at radius 2 is 2.14 bits per heavy atom. The number of hydrogen-bond acceptors (Lipinski definition) is 4. The van der Waals surface area contributed by atoms with Crippen molar-refractivity contribution in [2.45, 2.75) is 0 Å². The number of hydrogen-bond donors (Lipinski definition) is 0. The predicted molar refractivity (Wildman–Crippen MR) is 81.1 cm³/mol. The lowest BCUT2D eigenvalue weighted by molar-refractivity contribution is -0.384. The fourth-order valence-electron chi connectivity index (χ4n) is 2.07. The molecule has 0 aliphatic rings. The molecule has 0 saturated heterocycles. The summed E-state index contributed by atoms with van der Waals surface area (Å²) in [5.41, 5.74) is 3.40. The minimum atomic E-state index is -0.419. The van der Waals surface area contributed by atoms with Crippen molar-refractivity contribution >= 4 is 28.6 Å². The highest BCUT2D eigenvalue weighted by Crippen LogP contribution is 2.20. The Balaban J connectivity index is 1.90. The van der Waals surface area contributed by atoms with Crippen LogP contribution < -0.4 is 0 Å². The number of nitro benzene ring substituents is 1. The van der Waals surface area contributed by atoms with E-state index in [-0.39, 0.29) is 5.69 Å². The van der Waals surface area contributed by atoms with E-state index in [4.69, 9.17) is 0 Å². The summed E-state index contributed by atoms with van der Waals surface area (Å²) in [6.45, 7) is 0. The number of aryl methyl sites for hydroxylation is 1. The maximum Gasteiger partial charge on any atom is 0.270 e. The Morgan fingerprint density at radius 1 is 1.29 bits per heavy atom. The van der Waals surface area contributed by atoms with Gasteiger partial charge in [-0.25, -0.2) is 4.98 Å². The fourth-order valence-corrected chi connectivity index (χ4v) is 2.07. The summed E-state index contributed by atoms with van der Waals surface area (Å²) in [6.07, 6.45) is 3.36. The van der Waals surface area contributed by atoms with Crippen LogP contribution >= 0.6 is 0 Å². The fraction of sp³-hybridized carbons (Fsp3) is 0.0667. The van der Waals surface area contributed by atoms with Crippen LogP contribution in [0, 0.1) is 10.1 Å². The molecule has 0 saturated carbocycles. The predicted octanol–water partition coefficient (Wildman–Crippen LogP) is 3.23. The normalized spacial score (nSPS) is 11.3. The molecule has 2 aromatic carbocycles. The number of aromatic nitrogens is 2. The zero-order valence-corrected chi connectivity index (χ0v) is 11.3. The summed E-state index contributed by atoms with van der Waals surface area (Å²) in [5, 5.41) is 10.7. The van der Waals surface area contributed by atoms with Crippen molar-refractivity contribution in [2.75, 3.05) is 0 Å². The van der Waals surface area contributed by atoms with E-state index in [1.54, 1.807) is 24.7 Å². The second-order valence-electron chi connectivity index (χ2n) is 4.64. The van der Waals surface area contributed by atoms with Crippen LogP contribution in [-0.4, -0.2) is 20.7 Å². The second kappa shape index (κ2) is 5.16. The van der Waals surface area contributed by atoms with Gasteiger partial charge in [0.05, 0.1) is 28.0 Å². The van der Waals surface area contributed by atoms with Crippen molar-refractivity contribution in [3.63, 3.8) is 0 Å². The molecule has 0 N–H and O–H groups in total. The van der Waals surface area contributed by atoms with Gasteiger partial charge in [-0.1, -0.05) is 12.1 Å². The van der Waals surface area contributed by atoms with Gasteiger partial charge in [-0.05, 0) is 23.8 Å². The first kappa shape index (κ1) is 13.0. The molecule has 0 aliphatic carbocycles. The van der Waals surface area contributed by atoms with Crippen LogP contribution in [0.2, 0.25) is 0 Å². The van der Waals surface area contributed by atoms with Gasteiger partial charge in [0.1, 0.15) is 0 Å². The first-order valence-electron chi connectivity index (χ1n) is 6.33. The molecule has 3 aromatic rings. The number of nitrogens with zero attached hydrogens (tertiary/aromatic N) is 4.